The number of nitrogens with one attached hydrogen (secondary N) is 1. The molecule has 1 saturated heterocycles. The highest BCUT2D eigenvalue weighted by Gasteiger charge is 2.24. The molecule has 1 fully saturated rings. The summed E-state index contributed by atoms with van der Waals surface area (Å²) in [6.07, 6.45) is 1.78. The zero-order valence-electron chi connectivity index (χ0n) is 19.6. The first kappa shape index (κ1) is 25.4. The van der Waals surface area contributed by atoms with Crippen LogP contribution in [-0.4, -0.2) is 24.8 Å². The predicted octanol–water partition coefficient (Wildman–Crippen LogP) is 6.20. The Labute approximate surface area is 221 Å². The fourth-order valence-electron chi connectivity index (χ4n) is 3.39. The van der Waals surface area contributed by atoms with Crippen molar-refractivity contribution in [3.05, 3.63) is 86.7 Å². The second-order valence-corrected chi connectivity index (χ2v) is 9.39. The van der Waals surface area contributed by atoms with E-state index in [-0.39, 0.29) is 12.5 Å². The van der Waals surface area contributed by atoms with Gasteiger partial charge in [0, 0.05) is 5.56 Å². The number of halogens is 1. The number of hydrogen-bond acceptors (Lipinski definition) is 7. The molecule has 1 aliphatic heterocycles. The minimum Gasteiger partial charge on any atom is -0.497 e. The van der Waals surface area contributed by atoms with Gasteiger partial charge in [0.15, 0.2) is 16.7 Å². The van der Waals surface area contributed by atoms with Crippen molar-refractivity contribution in [2.45, 2.75) is 13.5 Å². The van der Waals surface area contributed by atoms with E-state index in [2.05, 4.69) is 32.3 Å². The van der Waals surface area contributed by atoms with Gasteiger partial charge in [0.05, 0.1) is 40.4 Å². The Morgan fingerprint density at radius 3 is 2.64 bits per heavy atom. The van der Waals surface area contributed by atoms with Crippen molar-refractivity contribution in [2.75, 3.05) is 13.7 Å². The molecular weight excluding hydrogens is 542 g/mol. The van der Waals surface area contributed by atoms with Crippen LogP contribution in [0.1, 0.15) is 23.6 Å². The maximum absolute atomic E-state index is 12.6. The van der Waals surface area contributed by atoms with Crippen LogP contribution in [0.25, 0.3) is 6.08 Å². The molecule has 9 heteroatoms. The maximum atomic E-state index is 12.6. The number of benzene rings is 3. The molecule has 4 rings (SSSR count). The van der Waals surface area contributed by atoms with Crippen LogP contribution >= 0.6 is 27.7 Å². The molecule has 0 radical (unpaired) electrons. The molecule has 0 unspecified atom stereocenters. The quantitative estimate of drug-likeness (QED) is 0.328. The number of nitriles is 1. The lowest BCUT2D eigenvalue weighted by Gasteiger charge is -2.15. The first-order valence-electron chi connectivity index (χ1n) is 11.0. The molecule has 182 valence electrons. The highest BCUT2D eigenvalue weighted by molar-refractivity contribution is 9.10. The van der Waals surface area contributed by atoms with Crippen LogP contribution in [0.2, 0.25) is 0 Å². The van der Waals surface area contributed by atoms with E-state index in [0.717, 1.165) is 16.9 Å². The van der Waals surface area contributed by atoms with Crippen LogP contribution in [0.4, 0.5) is 5.69 Å². The molecule has 7 nitrogen and oxygen atoms in total. The highest BCUT2D eigenvalue weighted by atomic mass is 79.9. The van der Waals surface area contributed by atoms with Crippen molar-refractivity contribution in [1.29, 1.82) is 5.26 Å². The number of carbonyl (C=O) groups is 1. The monoisotopic (exact) mass is 563 g/mol. The van der Waals surface area contributed by atoms with Crippen molar-refractivity contribution in [2.24, 2.45) is 4.99 Å². The Kier molecular flexibility index (Phi) is 8.31. The maximum Gasteiger partial charge on any atom is 0.264 e. The number of amidine groups is 1. The van der Waals surface area contributed by atoms with Crippen molar-refractivity contribution < 1.29 is 19.0 Å². The summed E-state index contributed by atoms with van der Waals surface area (Å²) in [6.45, 7) is 2.54. The molecule has 0 atom stereocenters. The topological polar surface area (TPSA) is 92.9 Å². The zero-order chi connectivity index (χ0) is 25.5. The molecule has 0 aliphatic carbocycles. The van der Waals surface area contributed by atoms with Crippen LogP contribution in [0, 0.1) is 11.3 Å². The smallest absolute Gasteiger partial charge is 0.264 e. The SMILES string of the molecule is CCOc1cc(/C=C2/SC(=Nc3ccc(OC)cc3)NC2=O)cc(Br)c1OCc1ccccc1C#N. The molecular formula is C27H22BrN3O4S. The lowest BCUT2D eigenvalue weighted by atomic mass is 10.1. The second kappa shape index (κ2) is 11.8. The minimum absolute atomic E-state index is 0.215. The van der Waals surface area contributed by atoms with Crippen LogP contribution in [-0.2, 0) is 11.4 Å². The third-order valence-corrected chi connectivity index (χ3v) is 6.59. The van der Waals surface area contributed by atoms with E-state index in [1.165, 1.54) is 11.8 Å². The van der Waals surface area contributed by atoms with Gasteiger partial charge in [0.1, 0.15) is 12.4 Å². The molecule has 0 aromatic heterocycles. The number of carbonyl (C=O) groups excluding carboxylic acids is 1. The number of amides is 1. The Hall–Kier alpha value is -3.74. The standard InChI is InChI=1S/C27H22BrN3O4S/c1-3-34-23-13-17(12-22(28)25(23)35-16-19-7-5-4-6-18(19)15-29)14-24-26(32)31-27(36-24)30-20-8-10-21(33-2)11-9-20/h4-14H,3,16H2,1-2H3,(H,30,31,32)/b24-14+. The van der Waals surface area contributed by atoms with E-state index >= 15 is 0 Å². The summed E-state index contributed by atoms with van der Waals surface area (Å²) in [7, 11) is 1.60. The third kappa shape index (κ3) is 6.08. The summed E-state index contributed by atoms with van der Waals surface area (Å²) in [6, 6.07) is 20.4. The Morgan fingerprint density at radius 2 is 1.92 bits per heavy atom. The van der Waals surface area contributed by atoms with Gasteiger partial charge in [-0.25, -0.2) is 4.99 Å². The van der Waals surface area contributed by atoms with Gasteiger partial charge in [-0.05, 0) is 88.7 Å². The van der Waals surface area contributed by atoms with E-state index in [9.17, 15) is 10.1 Å². The number of aliphatic imine (C=N–C) groups is 1. The molecule has 3 aromatic rings. The van der Waals surface area contributed by atoms with E-state index in [0.29, 0.717) is 43.9 Å². The molecule has 0 saturated carbocycles. The average molecular weight is 564 g/mol. The zero-order valence-corrected chi connectivity index (χ0v) is 22.0. The molecule has 1 N–H and O–H groups in total. The van der Waals surface area contributed by atoms with E-state index in [4.69, 9.17) is 14.2 Å². The van der Waals surface area contributed by atoms with Crippen LogP contribution in [0.15, 0.2) is 75.0 Å². The van der Waals surface area contributed by atoms with E-state index in [1.54, 1.807) is 19.3 Å². The van der Waals surface area contributed by atoms with Gasteiger partial charge < -0.3 is 19.5 Å². The van der Waals surface area contributed by atoms with Gasteiger partial charge in [-0.2, -0.15) is 5.26 Å². The first-order chi connectivity index (χ1) is 17.5. The van der Waals surface area contributed by atoms with Crippen molar-refractivity contribution >= 4 is 50.5 Å². The molecule has 36 heavy (non-hydrogen) atoms. The van der Waals surface area contributed by atoms with Gasteiger partial charge in [-0.15, -0.1) is 0 Å². The molecule has 0 spiro atoms. The fourth-order valence-corrected chi connectivity index (χ4v) is 4.80. The average Bonchev–Trinajstić information content (AvgIpc) is 3.22. The van der Waals surface area contributed by atoms with Gasteiger partial charge >= 0.3 is 0 Å². The Morgan fingerprint density at radius 1 is 1.14 bits per heavy atom. The summed E-state index contributed by atoms with van der Waals surface area (Å²) < 4.78 is 17.7. The van der Waals surface area contributed by atoms with E-state index in [1.807, 2.05) is 61.5 Å². The lowest BCUT2D eigenvalue weighted by Crippen LogP contribution is -2.19. The van der Waals surface area contributed by atoms with Gasteiger partial charge in [-0.1, -0.05) is 18.2 Å². The number of ether oxygens (including phenoxy) is 3. The number of hydrogen-bond donors (Lipinski definition) is 1. The highest BCUT2D eigenvalue weighted by Crippen LogP contribution is 2.39. The molecule has 0 bridgehead atoms. The molecule has 1 aliphatic rings. The van der Waals surface area contributed by atoms with E-state index < -0.39 is 0 Å². The van der Waals surface area contributed by atoms with Gasteiger partial charge in [0.25, 0.3) is 5.91 Å². The molecule has 1 amide bonds. The van der Waals surface area contributed by atoms with Crippen LogP contribution in [0.5, 0.6) is 17.2 Å². The second-order valence-electron chi connectivity index (χ2n) is 7.50. The minimum atomic E-state index is -0.227. The number of methoxy groups -OCH3 is 1. The summed E-state index contributed by atoms with van der Waals surface area (Å²) in [5.41, 5.74) is 2.81. The Bertz CT molecular complexity index is 1380. The van der Waals surface area contributed by atoms with Gasteiger partial charge in [0.2, 0.25) is 0 Å². The number of thioether (sulfide) groups is 1. The molecule has 3 aromatic carbocycles. The third-order valence-electron chi connectivity index (χ3n) is 5.09. The largest absolute Gasteiger partial charge is 0.497 e. The Balaban J connectivity index is 1.55. The first-order valence-corrected chi connectivity index (χ1v) is 12.6. The van der Waals surface area contributed by atoms with Crippen LogP contribution in [0.3, 0.4) is 0 Å². The van der Waals surface area contributed by atoms with Crippen molar-refractivity contribution in [1.82, 2.24) is 5.32 Å². The van der Waals surface area contributed by atoms with Crippen molar-refractivity contribution in [3.63, 3.8) is 0 Å². The predicted molar refractivity (Wildman–Crippen MR) is 145 cm³/mol. The van der Waals surface area contributed by atoms with Crippen molar-refractivity contribution in [3.8, 4) is 23.3 Å². The number of rotatable bonds is 8. The number of nitrogens with zero attached hydrogens (tertiary/aromatic N) is 2. The fraction of sp³-hybridized carbons (Fsp3) is 0.148. The van der Waals surface area contributed by atoms with Gasteiger partial charge in [-0.3, -0.25) is 4.79 Å². The lowest BCUT2D eigenvalue weighted by molar-refractivity contribution is -0.115. The molecule has 1 heterocycles. The summed E-state index contributed by atoms with van der Waals surface area (Å²) in [4.78, 5) is 17.6. The van der Waals surface area contributed by atoms with Crippen LogP contribution < -0.4 is 19.5 Å². The normalized spacial score (nSPS) is 15.0. The summed E-state index contributed by atoms with van der Waals surface area (Å²) >= 11 is 4.83. The summed E-state index contributed by atoms with van der Waals surface area (Å²) in [5.74, 6) is 1.57. The summed E-state index contributed by atoms with van der Waals surface area (Å²) in [5, 5.41) is 12.6.